The fourth-order valence-electron chi connectivity index (χ4n) is 4.20. The van der Waals surface area contributed by atoms with Gasteiger partial charge in [0.15, 0.2) is 0 Å². The number of hydrogen-bond donors (Lipinski definition) is 1. The van der Waals surface area contributed by atoms with E-state index in [0.29, 0.717) is 6.04 Å². The van der Waals surface area contributed by atoms with Crippen LogP contribution in [0.5, 0.6) is 0 Å². The number of aliphatic hydroxyl groups excluding tert-OH is 1. The molecule has 0 radical (unpaired) electrons. The molecule has 5 heteroatoms. The molecule has 0 amide bonds. The zero-order valence-corrected chi connectivity index (χ0v) is 16.2. The summed E-state index contributed by atoms with van der Waals surface area (Å²) in [6.45, 7) is 0.767. The first kappa shape index (κ1) is 17.9. The Labute approximate surface area is 170 Å². The third-order valence-electron chi connectivity index (χ3n) is 5.74. The quantitative estimate of drug-likeness (QED) is 0.549. The molecule has 1 saturated carbocycles. The topological polar surface area (TPSA) is 55.9 Å². The normalized spacial score (nSPS) is 18.9. The Balaban J connectivity index is 1.35. The van der Waals surface area contributed by atoms with Gasteiger partial charge in [-0.1, -0.05) is 54.6 Å². The van der Waals surface area contributed by atoms with E-state index in [9.17, 15) is 5.11 Å². The van der Waals surface area contributed by atoms with Gasteiger partial charge in [-0.25, -0.2) is 4.98 Å². The van der Waals surface area contributed by atoms with Crippen molar-refractivity contribution in [2.45, 2.75) is 38.0 Å². The van der Waals surface area contributed by atoms with Crippen molar-refractivity contribution in [2.24, 2.45) is 0 Å². The van der Waals surface area contributed by atoms with Crippen LogP contribution in [-0.4, -0.2) is 30.5 Å². The Bertz CT molecular complexity index is 1080. The summed E-state index contributed by atoms with van der Waals surface area (Å²) in [4.78, 5) is 4.57. The Morgan fingerprint density at radius 3 is 2.48 bits per heavy atom. The second-order valence-corrected chi connectivity index (χ2v) is 7.77. The summed E-state index contributed by atoms with van der Waals surface area (Å²) in [5.41, 5.74) is 4.58. The SMILES string of the molecule is O[C@H]1CC[C@@H](n2ccnc2-c2ccc(-c3cnn(Cc4ccccc4)c3)cc2)C1. The predicted molar refractivity (Wildman–Crippen MR) is 113 cm³/mol. The molecule has 146 valence electrons. The lowest BCUT2D eigenvalue weighted by Gasteiger charge is -2.15. The lowest BCUT2D eigenvalue weighted by Crippen LogP contribution is -2.07. The highest BCUT2D eigenvalue weighted by Crippen LogP contribution is 2.33. The highest BCUT2D eigenvalue weighted by molar-refractivity contribution is 5.67. The van der Waals surface area contributed by atoms with Gasteiger partial charge in [-0.15, -0.1) is 0 Å². The van der Waals surface area contributed by atoms with E-state index >= 15 is 0 Å². The second-order valence-electron chi connectivity index (χ2n) is 7.77. The Hall–Kier alpha value is -3.18. The van der Waals surface area contributed by atoms with Gasteiger partial charge in [-0.05, 0) is 30.4 Å². The molecule has 2 aromatic heterocycles. The van der Waals surface area contributed by atoms with Gasteiger partial charge < -0.3 is 9.67 Å². The van der Waals surface area contributed by atoms with E-state index in [1.165, 1.54) is 5.56 Å². The van der Waals surface area contributed by atoms with E-state index in [2.05, 4.69) is 69.4 Å². The maximum atomic E-state index is 9.88. The lowest BCUT2D eigenvalue weighted by molar-refractivity contribution is 0.178. The molecule has 5 rings (SSSR count). The zero-order chi connectivity index (χ0) is 19.6. The smallest absolute Gasteiger partial charge is 0.140 e. The summed E-state index contributed by atoms with van der Waals surface area (Å²) in [5, 5.41) is 14.4. The number of hydrogen-bond acceptors (Lipinski definition) is 3. The van der Waals surface area contributed by atoms with E-state index in [1.54, 1.807) is 0 Å². The van der Waals surface area contributed by atoms with Gasteiger partial charge in [-0.3, -0.25) is 4.68 Å². The van der Waals surface area contributed by atoms with E-state index in [4.69, 9.17) is 0 Å². The minimum Gasteiger partial charge on any atom is -0.393 e. The van der Waals surface area contributed by atoms with Crippen molar-refractivity contribution in [1.29, 1.82) is 0 Å². The van der Waals surface area contributed by atoms with Crippen LogP contribution in [-0.2, 0) is 6.54 Å². The molecule has 1 aliphatic rings. The van der Waals surface area contributed by atoms with E-state index in [-0.39, 0.29) is 6.10 Å². The third kappa shape index (κ3) is 3.74. The molecule has 0 spiro atoms. The van der Waals surface area contributed by atoms with Gasteiger partial charge in [-0.2, -0.15) is 5.10 Å². The van der Waals surface area contributed by atoms with Crippen LogP contribution in [0.1, 0.15) is 30.9 Å². The van der Waals surface area contributed by atoms with Crippen molar-refractivity contribution in [2.75, 3.05) is 0 Å². The van der Waals surface area contributed by atoms with Crippen LogP contribution in [0.3, 0.4) is 0 Å². The van der Waals surface area contributed by atoms with Crippen LogP contribution < -0.4 is 0 Å². The monoisotopic (exact) mass is 384 g/mol. The predicted octanol–water partition coefficient (Wildman–Crippen LogP) is 4.55. The van der Waals surface area contributed by atoms with Crippen molar-refractivity contribution in [3.8, 4) is 22.5 Å². The second kappa shape index (κ2) is 7.68. The molecule has 2 atom stereocenters. The van der Waals surface area contributed by atoms with Gasteiger partial charge in [0.2, 0.25) is 0 Å². The fourth-order valence-corrected chi connectivity index (χ4v) is 4.20. The molecule has 2 aromatic carbocycles. The zero-order valence-electron chi connectivity index (χ0n) is 16.2. The minimum atomic E-state index is -0.190. The molecule has 0 aliphatic heterocycles. The van der Waals surface area contributed by atoms with Crippen LogP contribution in [0.2, 0.25) is 0 Å². The molecule has 1 aliphatic carbocycles. The van der Waals surface area contributed by atoms with Crippen molar-refractivity contribution in [3.63, 3.8) is 0 Å². The number of benzene rings is 2. The summed E-state index contributed by atoms with van der Waals surface area (Å²) in [6.07, 6.45) is 10.4. The highest BCUT2D eigenvalue weighted by atomic mass is 16.3. The van der Waals surface area contributed by atoms with Crippen LogP contribution in [0.25, 0.3) is 22.5 Å². The average molecular weight is 384 g/mol. The molecule has 5 nitrogen and oxygen atoms in total. The summed E-state index contributed by atoms with van der Waals surface area (Å²) < 4.78 is 4.18. The van der Waals surface area contributed by atoms with Gasteiger partial charge in [0.1, 0.15) is 5.82 Å². The highest BCUT2D eigenvalue weighted by Gasteiger charge is 2.25. The number of imidazole rings is 1. The molecule has 2 heterocycles. The van der Waals surface area contributed by atoms with E-state index in [0.717, 1.165) is 48.3 Å². The maximum Gasteiger partial charge on any atom is 0.140 e. The number of aromatic nitrogens is 4. The maximum absolute atomic E-state index is 9.88. The van der Waals surface area contributed by atoms with Crippen LogP contribution >= 0.6 is 0 Å². The van der Waals surface area contributed by atoms with Crippen LogP contribution in [0, 0.1) is 0 Å². The Morgan fingerprint density at radius 1 is 0.931 bits per heavy atom. The Kier molecular flexibility index (Phi) is 4.74. The lowest BCUT2D eigenvalue weighted by atomic mass is 10.1. The van der Waals surface area contributed by atoms with Gasteiger partial charge in [0.25, 0.3) is 0 Å². The minimum absolute atomic E-state index is 0.190. The first-order chi connectivity index (χ1) is 14.3. The molecular weight excluding hydrogens is 360 g/mol. The summed E-state index contributed by atoms with van der Waals surface area (Å²) in [6, 6.07) is 19.2. The van der Waals surface area contributed by atoms with Crippen molar-refractivity contribution < 1.29 is 5.11 Å². The van der Waals surface area contributed by atoms with Crippen molar-refractivity contribution in [3.05, 3.63) is 84.9 Å². The van der Waals surface area contributed by atoms with E-state index < -0.39 is 0 Å². The molecular formula is C24H24N4O. The van der Waals surface area contributed by atoms with Crippen molar-refractivity contribution in [1.82, 2.24) is 19.3 Å². The molecule has 0 unspecified atom stereocenters. The van der Waals surface area contributed by atoms with Gasteiger partial charge in [0.05, 0.1) is 18.8 Å². The van der Waals surface area contributed by atoms with Crippen LogP contribution in [0.15, 0.2) is 79.4 Å². The standard InChI is InChI=1S/C24H24N4O/c29-23-11-10-22(14-23)28-13-12-25-24(28)20-8-6-19(7-9-20)21-15-26-27(17-21)16-18-4-2-1-3-5-18/h1-9,12-13,15,17,22-23,29H,10-11,14,16H2/t22-,23+/m1/s1. The summed E-state index contributed by atoms with van der Waals surface area (Å²) in [5.74, 6) is 0.968. The molecule has 1 N–H and O–H groups in total. The third-order valence-corrected chi connectivity index (χ3v) is 5.74. The fraction of sp³-hybridized carbons (Fsp3) is 0.250. The first-order valence-electron chi connectivity index (χ1n) is 10.1. The van der Waals surface area contributed by atoms with E-state index in [1.807, 2.05) is 29.3 Å². The molecule has 1 fully saturated rings. The number of nitrogens with zero attached hydrogens (tertiary/aromatic N) is 4. The molecule has 29 heavy (non-hydrogen) atoms. The first-order valence-corrected chi connectivity index (χ1v) is 10.1. The van der Waals surface area contributed by atoms with Gasteiger partial charge >= 0.3 is 0 Å². The number of rotatable bonds is 5. The summed E-state index contributed by atoms with van der Waals surface area (Å²) in [7, 11) is 0. The molecule has 0 bridgehead atoms. The molecule has 0 saturated heterocycles. The molecule has 4 aromatic rings. The largest absolute Gasteiger partial charge is 0.393 e. The Morgan fingerprint density at radius 2 is 1.72 bits per heavy atom. The van der Waals surface area contributed by atoms with Crippen molar-refractivity contribution >= 4 is 0 Å². The number of aliphatic hydroxyl groups is 1. The van der Waals surface area contributed by atoms with Gasteiger partial charge in [0, 0.05) is 35.8 Å². The summed E-state index contributed by atoms with van der Waals surface area (Å²) >= 11 is 0. The average Bonchev–Trinajstić information content (AvgIpc) is 3.49. The van der Waals surface area contributed by atoms with Crippen LogP contribution in [0.4, 0.5) is 0 Å².